The highest BCUT2D eigenvalue weighted by Gasteiger charge is 2.39. The lowest BCUT2D eigenvalue weighted by molar-refractivity contribution is 0.0179. The Balaban J connectivity index is 2.36. The molecule has 2 atom stereocenters. The highest BCUT2D eigenvalue weighted by molar-refractivity contribution is 5.35. The second kappa shape index (κ2) is 6.68. The van der Waals surface area contributed by atoms with Crippen LogP contribution in [0.4, 0.5) is 4.39 Å². The van der Waals surface area contributed by atoms with E-state index in [1.54, 1.807) is 6.07 Å². The summed E-state index contributed by atoms with van der Waals surface area (Å²) in [7, 11) is 0. The minimum Gasteiger partial charge on any atom is -0.376 e. The summed E-state index contributed by atoms with van der Waals surface area (Å²) < 4.78 is 20.4. The molecule has 3 heteroatoms. The van der Waals surface area contributed by atoms with Crippen molar-refractivity contribution in [2.75, 3.05) is 13.2 Å². The monoisotopic (exact) mass is 279 g/mol. The molecule has 0 radical (unpaired) electrons. The molecule has 0 bridgehead atoms. The number of halogens is 1. The van der Waals surface area contributed by atoms with Gasteiger partial charge >= 0.3 is 0 Å². The molecule has 20 heavy (non-hydrogen) atoms. The minimum atomic E-state index is -0.112. The largest absolute Gasteiger partial charge is 0.376 e. The number of ether oxygens (including phenoxy) is 1. The van der Waals surface area contributed by atoms with Gasteiger partial charge in [0.05, 0.1) is 12.1 Å². The molecule has 1 aliphatic carbocycles. The van der Waals surface area contributed by atoms with Crippen LogP contribution < -0.4 is 5.32 Å². The number of hydrogen-bond acceptors (Lipinski definition) is 2. The molecule has 0 aliphatic heterocycles. The Morgan fingerprint density at radius 3 is 2.50 bits per heavy atom. The van der Waals surface area contributed by atoms with Crippen LogP contribution in [-0.2, 0) is 4.74 Å². The highest BCUT2D eigenvalue weighted by atomic mass is 19.1. The van der Waals surface area contributed by atoms with Crippen LogP contribution in [0.2, 0.25) is 0 Å². The minimum absolute atomic E-state index is 0.0481. The van der Waals surface area contributed by atoms with E-state index in [9.17, 15) is 4.39 Å². The molecule has 0 spiro atoms. The maximum absolute atomic E-state index is 14.5. The standard InChI is InChI=1S/C17H26FNO/c1-5-19-16(17(20-6-2)13-7-8-13)15-12(4)9-11(3)10-14(15)18/h9-10,13,16-17,19H,5-8H2,1-4H3. The van der Waals surface area contributed by atoms with Gasteiger partial charge in [-0.2, -0.15) is 0 Å². The fourth-order valence-corrected chi connectivity index (χ4v) is 3.04. The predicted octanol–water partition coefficient (Wildman–Crippen LogP) is 3.91. The van der Waals surface area contributed by atoms with Crippen molar-refractivity contribution in [1.82, 2.24) is 5.32 Å². The Morgan fingerprint density at radius 1 is 1.30 bits per heavy atom. The van der Waals surface area contributed by atoms with Crippen LogP contribution in [0.1, 0.15) is 49.4 Å². The second-order valence-electron chi connectivity index (χ2n) is 5.77. The van der Waals surface area contributed by atoms with Gasteiger partial charge < -0.3 is 10.1 Å². The zero-order valence-corrected chi connectivity index (χ0v) is 13.0. The zero-order chi connectivity index (χ0) is 14.7. The van der Waals surface area contributed by atoms with Crippen molar-refractivity contribution in [3.63, 3.8) is 0 Å². The maximum Gasteiger partial charge on any atom is 0.128 e. The van der Waals surface area contributed by atoms with Crippen molar-refractivity contribution >= 4 is 0 Å². The molecule has 1 saturated carbocycles. The third-order valence-electron chi connectivity index (χ3n) is 3.99. The van der Waals surface area contributed by atoms with Crippen molar-refractivity contribution in [2.45, 2.75) is 52.7 Å². The van der Waals surface area contributed by atoms with Gasteiger partial charge in [-0.1, -0.05) is 13.0 Å². The van der Waals surface area contributed by atoms with E-state index in [1.165, 1.54) is 12.8 Å². The normalized spacial score (nSPS) is 18.1. The number of benzene rings is 1. The van der Waals surface area contributed by atoms with Crippen molar-refractivity contribution in [1.29, 1.82) is 0 Å². The molecule has 0 amide bonds. The maximum atomic E-state index is 14.5. The second-order valence-corrected chi connectivity index (χ2v) is 5.77. The molecule has 0 saturated heterocycles. The summed E-state index contributed by atoms with van der Waals surface area (Å²) in [6.07, 6.45) is 2.47. The first-order valence-electron chi connectivity index (χ1n) is 7.70. The SMILES string of the molecule is CCNC(c1c(C)cc(C)cc1F)C(OCC)C1CC1. The first kappa shape index (κ1) is 15.5. The number of aryl methyl sites for hydroxylation is 2. The quantitative estimate of drug-likeness (QED) is 0.817. The molecule has 0 aromatic heterocycles. The van der Waals surface area contributed by atoms with Crippen LogP contribution in [0.5, 0.6) is 0 Å². The fraction of sp³-hybridized carbons (Fsp3) is 0.647. The Morgan fingerprint density at radius 2 is 2.00 bits per heavy atom. The molecule has 2 nitrogen and oxygen atoms in total. The van der Waals surface area contributed by atoms with Crippen LogP contribution in [0.25, 0.3) is 0 Å². The van der Waals surface area contributed by atoms with Gasteiger partial charge in [-0.25, -0.2) is 4.39 Å². The summed E-state index contributed by atoms with van der Waals surface area (Å²) >= 11 is 0. The predicted molar refractivity (Wildman–Crippen MR) is 80.4 cm³/mol. The van der Waals surface area contributed by atoms with Crippen molar-refractivity contribution in [3.8, 4) is 0 Å². The van der Waals surface area contributed by atoms with E-state index in [0.29, 0.717) is 12.5 Å². The van der Waals surface area contributed by atoms with Crippen molar-refractivity contribution in [2.24, 2.45) is 5.92 Å². The van der Waals surface area contributed by atoms with Crippen LogP contribution in [0.15, 0.2) is 12.1 Å². The molecule has 1 fully saturated rings. The van der Waals surface area contributed by atoms with E-state index in [2.05, 4.69) is 18.3 Å². The van der Waals surface area contributed by atoms with E-state index in [1.807, 2.05) is 20.8 Å². The molecular formula is C17H26FNO. The zero-order valence-electron chi connectivity index (χ0n) is 13.0. The molecule has 2 unspecified atom stereocenters. The van der Waals surface area contributed by atoms with Gasteiger partial charge in [0.25, 0.3) is 0 Å². The summed E-state index contributed by atoms with van der Waals surface area (Å²) in [5.74, 6) is 0.456. The van der Waals surface area contributed by atoms with Gasteiger partial charge in [-0.15, -0.1) is 0 Å². The van der Waals surface area contributed by atoms with Gasteiger partial charge in [0, 0.05) is 12.2 Å². The Hall–Kier alpha value is -0.930. The van der Waals surface area contributed by atoms with Gasteiger partial charge in [-0.3, -0.25) is 0 Å². The Labute approximate surface area is 121 Å². The van der Waals surface area contributed by atoms with E-state index < -0.39 is 0 Å². The van der Waals surface area contributed by atoms with Crippen LogP contribution in [-0.4, -0.2) is 19.3 Å². The smallest absolute Gasteiger partial charge is 0.128 e. The summed E-state index contributed by atoms with van der Waals surface area (Å²) in [5, 5.41) is 3.44. The van der Waals surface area contributed by atoms with Crippen LogP contribution in [0, 0.1) is 25.6 Å². The first-order chi connectivity index (χ1) is 9.58. The van der Waals surface area contributed by atoms with Gasteiger partial charge in [-0.05, 0) is 63.3 Å². The number of likely N-dealkylation sites (N-methyl/N-ethyl adjacent to an activating group) is 1. The van der Waals surface area contributed by atoms with Gasteiger partial charge in [0.2, 0.25) is 0 Å². The van der Waals surface area contributed by atoms with Gasteiger partial charge in [0.15, 0.2) is 0 Å². The number of nitrogens with one attached hydrogen (secondary N) is 1. The highest BCUT2D eigenvalue weighted by Crippen LogP contribution is 2.41. The van der Waals surface area contributed by atoms with E-state index in [4.69, 9.17) is 4.74 Å². The lowest BCUT2D eigenvalue weighted by Crippen LogP contribution is -2.36. The molecule has 0 heterocycles. The summed E-state index contributed by atoms with van der Waals surface area (Å²) in [5.41, 5.74) is 2.76. The first-order valence-corrected chi connectivity index (χ1v) is 7.70. The third-order valence-corrected chi connectivity index (χ3v) is 3.99. The molecular weight excluding hydrogens is 253 g/mol. The van der Waals surface area contributed by atoms with Crippen LogP contribution in [0.3, 0.4) is 0 Å². The van der Waals surface area contributed by atoms with Crippen molar-refractivity contribution in [3.05, 3.63) is 34.6 Å². The van der Waals surface area contributed by atoms with E-state index >= 15 is 0 Å². The van der Waals surface area contributed by atoms with E-state index in [-0.39, 0.29) is 18.0 Å². The average molecular weight is 279 g/mol. The Bertz CT molecular complexity index is 433. The average Bonchev–Trinajstić information content (AvgIpc) is 3.18. The lowest BCUT2D eigenvalue weighted by Gasteiger charge is -2.30. The topological polar surface area (TPSA) is 21.3 Å². The molecule has 1 aromatic carbocycles. The molecule has 1 aromatic rings. The molecule has 112 valence electrons. The molecule has 1 aliphatic rings. The molecule has 1 N–H and O–H groups in total. The number of rotatable bonds is 7. The summed E-state index contributed by atoms with van der Waals surface area (Å²) in [6, 6.07) is 3.63. The number of hydrogen-bond donors (Lipinski definition) is 1. The van der Waals surface area contributed by atoms with Gasteiger partial charge in [0.1, 0.15) is 5.82 Å². The summed E-state index contributed by atoms with van der Waals surface area (Å²) in [6.45, 7) is 9.49. The molecule has 2 rings (SSSR count). The third kappa shape index (κ3) is 3.39. The van der Waals surface area contributed by atoms with Crippen LogP contribution >= 0.6 is 0 Å². The lowest BCUT2D eigenvalue weighted by atomic mass is 9.92. The fourth-order valence-electron chi connectivity index (χ4n) is 3.04. The summed E-state index contributed by atoms with van der Waals surface area (Å²) in [4.78, 5) is 0. The van der Waals surface area contributed by atoms with E-state index in [0.717, 1.165) is 23.2 Å². The Kier molecular flexibility index (Phi) is 5.17. The van der Waals surface area contributed by atoms with Crippen molar-refractivity contribution < 1.29 is 9.13 Å².